The predicted octanol–water partition coefficient (Wildman–Crippen LogP) is 0.399. The van der Waals surface area contributed by atoms with Crippen molar-refractivity contribution >= 4 is 5.97 Å². The number of nitrogens with zero attached hydrogens (tertiary/aromatic N) is 2. The highest BCUT2D eigenvalue weighted by molar-refractivity contribution is 5.80. The number of likely N-dealkylation sites (tertiary alicyclic amines) is 1. The van der Waals surface area contributed by atoms with Gasteiger partial charge in [0, 0.05) is 31.7 Å². The maximum Gasteiger partial charge on any atom is 0.325 e. The van der Waals surface area contributed by atoms with Gasteiger partial charge in [-0.05, 0) is 26.2 Å². The number of carboxylic acid groups (broad SMARTS) is 1. The Morgan fingerprint density at radius 2 is 2.00 bits per heavy atom. The molecular formula is C13H22N2O3. The molecule has 2 saturated heterocycles. The molecule has 2 atom stereocenters. The first kappa shape index (κ1) is 12.4. The van der Waals surface area contributed by atoms with Crippen molar-refractivity contribution in [3.8, 4) is 0 Å². The zero-order valence-electron chi connectivity index (χ0n) is 11.0. The maximum atomic E-state index is 11.8. The van der Waals surface area contributed by atoms with Crippen molar-refractivity contribution in [2.45, 2.75) is 43.8 Å². The third-order valence-corrected chi connectivity index (χ3v) is 4.67. The van der Waals surface area contributed by atoms with E-state index < -0.39 is 11.5 Å². The summed E-state index contributed by atoms with van der Waals surface area (Å²) in [5, 5.41) is 9.74. The summed E-state index contributed by atoms with van der Waals surface area (Å²) in [6.07, 6.45) is 3.23. The van der Waals surface area contributed by atoms with Crippen LogP contribution in [0.4, 0.5) is 0 Å². The second-order valence-corrected chi connectivity index (χ2v) is 5.89. The molecule has 1 N–H and O–H groups in total. The molecule has 0 bridgehead atoms. The molecule has 3 aliphatic rings. The third kappa shape index (κ3) is 1.94. The summed E-state index contributed by atoms with van der Waals surface area (Å²) in [5.74, 6) is -0.653. The molecule has 0 radical (unpaired) electrons. The second-order valence-electron chi connectivity index (χ2n) is 5.89. The quantitative estimate of drug-likeness (QED) is 0.790. The van der Waals surface area contributed by atoms with Crippen LogP contribution in [0, 0.1) is 0 Å². The first-order chi connectivity index (χ1) is 8.63. The Hall–Kier alpha value is -0.650. The summed E-state index contributed by atoms with van der Waals surface area (Å²) >= 11 is 0. The number of carbonyl (C=O) groups is 1. The topological polar surface area (TPSA) is 53.0 Å². The maximum absolute atomic E-state index is 11.8. The van der Waals surface area contributed by atoms with E-state index in [1.54, 1.807) is 0 Å². The van der Waals surface area contributed by atoms with Gasteiger partial charge in [0.25, 0.3) is 0 Å². The molecule has 5 heteroatoms. The highest BCUT2D eigenvalue weighted by Crippen LogP contribution is 2.40. The molecular weight excluding hydrogens is 232 g/mol. The Morgan fingerprint density at radius 1 is 1.33 bits per heavy atom. The van der Waals surface area contributed by atoms with Crippen LogP contribution >= 0.6 is 0 Å². The van der Waals surface area contributed by atoms with Crippen LogP contribution in [0.15, 0.2) is 0 Å². The predicted molar refractivity (Wildman–Crippen MR) is 66.6 cm³/mol. The molecule has 0 aromatic rings. The molecule has 1 saturated carbocycles. The second kappa shape index (κ2) is 4.47. The highest BCUT2D eigenvalue weighted by atomic mass is 16.5. The molecule has 2 unspecified atom stereocenters. The first-order valence-corrected chi connectivity index (χ1v) is 6.95. The number of carboxylic acids is 1. The van der Waals surface area contributed by atoms with Crippen LogP contribution in [0.1, 0.15) is 26.2 Å². The Morgan fingerprint density at radius 3 is 2.56 bits per heavy atom. The molecule has 2 heterocycles. The molecule has 3 rings (SSSR count). The molecule has 0 spiro atoms. The summed E-state index contributed by atoms with van der Waals surface area (Å²) < 4.78 is 5.35. The van der Waals surface area contributed by atoms with Crippen LogP contribution in [0.5, 0.6) is 0 Å². The molecule has 0 aromatic carbocycles. The molecule has 18 heavy (non-hydrogen) atoms. The lowest BCUT2D eigenvalue weighted by molar-refractivity contribution is -0.154. The zero-order valence-corrected chi connectivity index (χ0v) is 11.0. The van der Waals surface area contributed by atoms with Gasteiger partial charge in [-0.2, -0.15) is 0 Å². The highest BCUT2D eigenvalue weighted by Gasteiger charge is 2.54. The van der Waals surface area contributed by atoms with E-state index in [0.29, 0.717) is 31.8 Å². The smallest absolute Gasteiger partial charge is 0.325 e. The summed E-state index contributed by atoms with van der Waals surface area (Å²) in [5.41, 5.74) is -0.675. The van der Waals surface area contributed by atoms with Gasteiger partial charge in [0.2, 0.25) is 0 Å². The number of ether oxygens (including phenoxy) is 1. The summed E-state index contributed by atoms with van der Waals surface area (Å²) in [4.78, 5) is 16.4. The minimum Gasteiger partial charge on any atom is -0.480 e. The van der Waals surface area contributed by atoms with Gasteiger partial charge < -0.3 is 9.84 Å². The number of rotatable bonds is 3. The van der Waals surface area contributed by atoms with Crippen molar-refractivity contribution < 1.29 is 14.6 Å². The number of morpholine rings is 1. The van der Waals surface area contributed by atoms with E-state index >= 15 is 0 Å². The summed E-state index contributed by atoms with van der Waals surface area (Å²) in [6.45, 7) is 5.67. The lowest BCUT2D eigenvalue weighted by Gasteiger charge is -2.40. The largest absolute Gasteiger partial charge is 0.480 e. The molecule has 5 nitrogen and oxygen atoms in total. The van der Waals surface area contributed by atoms with Crippen LogP contribution in [-0.4, -0.2) is 71.3 Å². The molecule has 0 aromatic heterocycles. The molecule has 1 aliphatic carbocycles. The van der Waals surface area contributed by atoms with E-state index in [1.807, 2.05) is 0 Å². The first-order valence-electron chi connectivity index (χ1n) is 6.95. The van der Waals surface area contributed by atoms with Crippen molar-refractivity contribution in [3.63, 3.8) is 0 Å². The Bertz CT molecular complexity index is 339. The zero-order chi connectivity index (χ0) is 12.8. The SMILES string of the molecule is CC1CC(C(=O)O)(N2CCOCC2)CN1C1CC1. The van der Waals surface area contributed by atoms with Gasteiger partial charge >= 0.3 is 5.97 Å². The van der Waals surface area contributed by atoms with Crippen molar-refractivity contribution in [2.24, 2.45) is 0 Å². The van der Waals surface area contributed by atoms with E-state index in [2.05, 4.69) is 16.7 Å². The van der Waals surface area contributed by atoms with Gasteiger partial charge in [0.05, 0.1) is 13.2 Å². The molecule has 2 aliphatic heterocycles. The lowest BCUT2D eigenvalue weighted by Crippen LogP contribution is -2.59. The van der Waals surface area contributed by atoms with Crippen LogP contribution in [-0.2, 0) is 9.53 Å². The number of hydrogen-bond acceptors (Lipinski definition) is 4. The van der Waals surface area contributed by atoms with Gasteiger partial charge in [-0.25, -0.2) is 0 Å². The van der Waals surface area contributed by atoms with E-state index in [0.717, 1.165) is 19.5 Å². The van der Waals surface area contributed by atoms with E-state index in [-0.39, 0.29) is 0 Å². The average Bonchev–Trinajstić information content (AvgIpc) is 3.14. The van der Waals surface area contributed by atoms with Crippen LogP contribution in [0.3, 0.4) is 0 Å². The number of hydrogen-bond donors (Lipinski definition) is 1. The van der Waals surface area contributed by atoms with Crippen molar-refractivity contribution in [1.29, 1.82) is 0 Å². The molecule has 3 fully saturated rings. The normalized spacial score (nSPS) is 39.1. The minimum absolute atomic E-state index is 0.386. The third-order valence-electron chi connectivity index (χ3n) is 4.67. The minimum atomic E-state index is -0.675. The van der Waals surface area contributed by atoms with Crippen molar-refractivity contribution in [2.75, 3.05) is 32.8 Å². The van der Waals surface area contributed by atoms with Crippen LogP contribution in [0.2, 0.25) is 0 Å². The van der Waals surface area contributed by atoms with Crippen molar-refractivity contribution in [3.05, 3.63) is 0 Å². The van der Waals surface area contributed by atoms with Gasteiger partial charge in [-0.3, -0.25) is 14.6 Å². The van der Waals surface area contributed by atoms with Gasteiger partial charge in [0.1, 0.15) is 5.54 Å². The fourth-order valence-corrected chi connectivity index (χ4v) is 3.53. The van der Waals surface area contributed by atoms with Gasteiger partial charge in [-0.15, -0.1) is 0 Å². The lowest BCUT2D eigenvalue weighted by atomic mass is 9.93. The van der Waals surface area contributed by atoms with E-state index in [1.165, 1.54) is 12.8 Å². The van der Waals surface area contributed by atoms with Crippen LogP contribution in [0.25, 0.3) is 0 Å². The monoisotopic (exact) mass is 254 g/mol. The van der Waals surface area contributed by atoms with Crippen molar-refractivity contribution in [1.82, 2.24) is 9.80 Å². The Kier molecular flexibility index (Phi) is 3.08. The molecule has 0 amide bonds. The Labute approximate surface area is 108 Å². The van der Waals surface area contributed by atoms with E-state index in [9.17, 15) is 9.90 Å². The number of aliphatic carboxylic acids is 1. The summed E-state index contributed by atoms with van der Waals surface area (Å²) in [6, 6.07) is 1.03. The summed E-state index contributed by atoms with van der Waals surface area (Å²) in [7, 11) is 0. The van der Waals surface area contributed by atoms with Crippen LogP contribution < -0.4 is 0 Å². The average molecular weight is 254 g/mol. The fraction of sp³-hybridized carbons (Fsp3) is 0.923. The fourth-order valence-electron chi connectivity index (χ4n) is 3.53. The molecule has 102 valence electrons. The Balaban J connectivity index is 1.81. The van der Waals surface area contributed by atoms with Gasteiger partial charge in [0.15, 0.2) is 0 Å². The van der Waals surface area contributed by atoms with E-state index in [4.69, 9.17) is 4.74 Å². The standard InChI is InChI=1S/C13H22N2O3/c1-10-8-13(12(16)17,9-15(10)11-2-3-11)14-4-6-18-7-5-14/h10-11H,2-9H2,1H3,(H,16,17). The van der Waals surface area contributed by atoms with Gasteiger partial charge in [-0.1, -0.05) is 0 Å².